The Morgan fingerprint density at radius 2 is 1.59 bits per heavy atom. The lowest BCUT2D eigenvalue weighted by Crippen LogP contribution is -2.36. The van der Waals surface area contributed by atoms with Gasteiger partial charge in [-0.2, -0.15) is 4.31 Å². The molecule has 1 amide bonds. The summed E-state index contributed by atoms with van der Waals surface area (Å²) in [6.45, 7) is 3.76. The second-order valence-corrected chi connectivity index (χ2v) is 9.34. The summed E-state index contributed by atoms with van der Waals surface area (Å²) in [6, 6.07) is 24.3. The molecule has 3 aromatic rings. The van der Waals surface area contributed by atoms with E-state index in [1.165, 1.54) is 4.31 Å². The average molecular weight is 449 g/mol. The van der Waals surface area contributed by atoms with Gasteiger partial charge in [-0.25, -0.2) is 8.42 Å². The van der Waals surface area contributed by atoms with Crippen LogP contribution in [-0.4, -0.2) is 25.2 Å². The Labute approximate surface area is 190 Å². The molecule has 0 heterocycles. The zero-order chi connectivity index (χ0) is 23.0. The summed E-state index contributed by atoms with van der Waals surface area (Å²) >= 11 is 0. The summed E-state index contributed by atoms with van der Waals surface area (Å²) in [4.78, 5) is 12.9. The summed E-state index contributed by atoms with van der Waals surface area (Å²) in [6.07, 6.45) is 2.31. The molecule has 0 bridgehead atoms. The van der Waals surface area contributed by atoms with E-state index < -0.39 is 10.0 Å². The highest BCUT2D eigenvalue weighted by Gasteiger charge is 2.23. The van der Waals surface area contributed by atoms with Crippen molar-refractivity contribution < 1.29 is 13.2 Å². The zero-order valence-electron chi connectivity index (χ0n) is 18.4. The summed E-state index contributed by atoms with van der Waals surface area (Å²) in [7, 11) is -3.84. The molecule has 32 heavy (non-hydrogen) atoms. The Morgan fingerprint density at radius 3 is 2.25 bits per heavy atom. The van der Waals surface area contributed by atoms with E-state index in [1.54, 1.807) is 6.08 Å². The number of carbonyl (C=O) groups is 1. The molecule has 3 rings (SSSR count). The van der Waals surface area contributed by atoms with Gasteiger partial charge >= 0.3 is 0 Å². The third-order valence-electron chi connectivity index (χ3n) is 5.12. The second-order valence-electron chi connectivity index (χ2n) is 7.52. The lowest BCUT2D eigenvalue weighted by molar-refractivity contribution is -0.116. The first kappa shape index (κ1) is 23.4. The standard InChI is InChI=1S/C26H28N2O3S/c1-3-24-16-10-11-21(2)26(24)27-25(29)20-28(19-23-14-8-5-9-15-23)32(30,31)18-17-22-12-6-4-7-13-22/h4-18H,3,19-20H2,1-2H3,(H,27,29)/b18-17+. The quantitative estimate of drug-likeness (QED) is 0.501. The number of amides is 1. The first-order chi connectivity index (χ1) is 15.4. The number of carbonyl (C=O) groups excluding carboxylic acids is 1. The van der Waals surface area contributed by atoms with E-state index in [4.69, 9.17) is 0 Å². The Bertz CT molecular complexity index is 1170. The highest BCUT2D eigenvalue weighted by molar-refractivity contribution is 7.92. The van der Waals surface area contributed by atoms with Crippen LogP contribution in [-0.2, 0) is 27.8 Å². The van der Waals surface area contributed by atoms with Crippen molar-refractivity contribution in [1.29, 1.82) is 0 Å². The maximum atomic E-state index is 13.1. The molecule has 166 valence electrons. The van der Waals surface area contributed by atoms with Gasteiger partial charge in [0.1, 0.15) is 0 Å². The molecule has 1 N–H and O–H groups in total. The topological polar surface area (TPSA) is 66.5 Å². The van der Waals surface area contributed by atoms with Gasteiger partial charge in [-0.3, -0.25) is 4.79 Å². The first-order valence-corrected chi connectivity index (χ1v) is 12.0. The van der Waals surface area contributed by atoms with Crippen molar-refractivity contribution in [1.82, 2.24) is 4.31 Å². The molecule has 0 aromatic heterocycles. The van der Waals surface area contributed by atoms with Crippen LogP contribution in [0.5, 0.6) is 0 Å². The van der Waals surface area contributed by atoms with Crippen LogP contribution in [0.25, 0.3) is 6.08 Å². The predicted octanol–water partition coefficient (Wildman–Crippen LogP) is 5.00. The number of hydrogen-bond donors (Lipinski definition) is 1. The van der Waals surface area contributed by atoms with E-state index in [0.717, 1.165) is 39.8 Å². The smallest absolute Gasteiger partial charge is 0.239 e. The predicted molar refractivity (Wildman–Crippen MR) is 130 cm³/mol. The van der Waals surface area contributed by atoms with E-state index in [-0.39, 0.29) is 19.0 Å². The van der Waals surface area contributed by atoms with Crippen molar-refractivity contribution in [3.05, 3.63) is 107 Å². The minimum absolute atomic E-state index is 0.101. The lowest BCUT2D eigenvalue weighted by atomic mass is 10.1. The molecule has 5 nitrogen and oxygen atoms in total. The van der Waals surface area contributed by atoms with Crippen molar-refractivity contribution in [2.75, 3.05) is 11.9 Å². The van der Waals surface area contributed by atoms with Crippen LogP contribution in [0.4, 0.5) is 5.69 Å². The molecule has 0 aliphatic heterocycles. The molecule has 0 aliphatic rings. The van der Waals surface area contributed by atoms with E-state index in [9.17, 15) is 13.2 Å². The fourth-order valence-corrected chi connectivity index (χ4v) is 4.51. The lowest BCUT2D eigenvalue weighted by Gasteiger charge is -2.21. The molecule has 0 saturated heterocycles. The molecule has 0 fully saturated rings. The fraction of sp³-hybridized carbons (Fsp3) is 0.192. The molecule has 0 atom stereocenters. The van der Waals surface area contributed by atoms with Crippen molar-refractivity contribution >= 4 is 27.7 Å². The SMILES string of the molecule is CCc1cccc(C)c1NC(=O)CN(Cc1ccccc1)S(=O)(=O)/C=C/c1ccccc1. The molecule has 0 unspecified atom stereocenters. The van der Waals surface area contributed by atoms with Crippen LogP contribution < -0.4 is 5.32 Å². The van der Waals surface area contributed by atoms with Crippen LogP contribution in [0.3, 0.4) is 0 Å². The highest BCUT2D eigenvalue weighted by atomic mass is 32.2. The monoisotopic (exact) mass is 448 g/mol. The number of aryl methyl sites for hydroxylation is 2. The van der Waals surface area contributed by atoms with E-state index in [2.05, 4.69) is 5.32 Å². The maximum Gasteiger partial charge on any atom is 0.239 e. The molecule has 0 aliphatic carbocycles. The summed E-state index contributed by atoms with van der Waals surface area (Å²) in [5.74, 6) is -0.374. The van der Waals surface area contributed by atoms with Gasteiger partial charge in [-0.15, -0.1) is 0 Å². The number of benzene rings is 3. The molecule has 6 heteroatoms. The largest absolute Gasteiger partial charge is 0.324 e. The minimum Gasteiger partial charge on any atom is -0.324 e. The number of anilines is 1. The molecule has 3 aromatic carbocycles. The van der Waals surface area contributed by atoms with Crippen molar-refractivity contribution in [3.63, 3.8) is 0 Å². The molecule has 0 spiro atoms. The Hall–Kier alpha value is -3.22. The van der Waals surface area contributed by atoms with Gasteiger partial charge in [0.25, 0.3) is 0 Å². The zero-order valence-corrected chi connectivity index (χ0v) is 19.2. The van der Waals surface area contributed by atoms with E-state index in [0.29, 0.717) is 0 Å². The number of sulfonamides is 1. The minimum atomic E-state index is -3.84. The van der Waals surface area contributed by atoms with Gasteiger partial charge in [0.2, 0.25) is 15.9 Å². The summed E-state index contributed by atoms with van der Waals surface area (Å²) < 4.78 is 27.5. The number of nitrogens with zero attached hydrogens (tertiary/aromatic N) is 1. The first-order valence-electron chi connectivity index (χ1n) is 10.5. The maximum absolute atomic E-state index is 13.1. The summed E-state index contributed by atoms with van der Waals surface area (Å²) in [5, 5.41) is 4.08. The van der Waals surface area contributed by atoms with Gasteiger partial charge in [-0.05, 0) is 41.7 Å². The molecule has 0 radical (unpaired) electrons. The molecular formula is C26H28N2O3S. The average Bonchev–Trinajstić information content (AvgIpc) is 2.80. The van der Waals surface area contributed by atoms with Gasteiger partial charge in [-0.1, -0.05) is 85.8 Å². The van der Waals surface area contributed by atoms with Crippen LogP contribution in [0, 0.1) is 6.92 Å². The number of para-hydroxylation sites is 1. The van der Waals surface area contributed by atoms with Gasteiger partial charge in [0.15, 0.2) is 0 Å². The number of nitrogens with one attached hydrogen (secondary N) is 1. The Kier molecular flexibility index (Phi) is 7.98. The van der Waals surface area contributed by atoms with Crippen molar-refractivity contribution in [3.8, 4) is 0 Å². The number of rotatable bonds is 9. The fourth-order valence-electron chi connectivity index (χ4n) is 3.38. The van der Waals surface area contributed by atoms with Crippen LogP contribution >= 0.6 is 0 Å². The van der Waals surface area contributed by atoms with E-state index in [1.807, 2.05) is 92.7 Å². The van der Waals surface area contributed by atoms with Crippen molar-refractivity contribution in [2.24, 2.45) is 0 Å². The summed E-state index contributed by atoms with van der Waals surface area (Å²) in [5.41, 5.74) is 4.28. The number of hydrogen-bond acceptors (Lipinski definition) is 3. The third-order valence-corrected chi connectivity index (χ3v) is 6.58. The van der Waals surface area contributed by atoms with Crippen LogP contribution in [0.2, 0.25) is 0 Å². The van der Waals surface area contributed by atoms with Gasteiger partial charge in [0, 0.05) is 17.6 Å². The normalized spacial score (nSPS) is 11.7. The van der Waals surface area contributed by atoms with Gasteiger partial charge < -0.3 is 5.32 Å². The molecule has 0 saturated carbocycles. The third kappa shape index (κ3) is 6.39. The Balaban J connectivity index is 1.84. The highest BCUT2D eigenvalue weighted by Crippen LogP contribution is 2.21. The Morgan fingerprint density at radius 1 is 0.938 bits per heavy atom. The van der Waals surface area contributed by atoms with E-state index >= 15 is 0 Å². The van der Waals surface area contributed by atoms with Gasteiger partial charge in [0.05, 0.1) is 6.54 Å². The van der Waals surface area contributed by atoms with Crippen LogP contribution in [0.15, 0.2) is 84.3 Å². The van der Waals surface area contributed by atoms with Crippen molar-refractivity contribution in [2.45, 2.75) is 26.8 Å². The van der Waals surface area contributed by atoms with Crippen LogP contribution in [0.1, 0.15) is 29.2 Å². The molecular weight excluding hydrogens is 420 g/mol. The second kappa shape index (κ2) is 10.9.